The topological polar surface area (TPSA) is 42.2 Å². The van der Waals surface area contributed by atoms with Crippen LogP contribution in [0.25, 0.3) is 0 Å². The Kier molecular flexibility index (Phi) is 1.50. The van der Waals surface area contributed by atoms with Crippen LogP contribution in [0.15, 0.2) is 12.3 Å². The van der Waals surface area contributed by atoms with E-state index in [1.165, 1.54) is 6.26 Å². The molecule has 0 aromatic heterocycles. The van der Waals surface area contributed by atoms with Gasteiger partial charge in [0.1, 0.15) is 0 Å². The summed E-state index contributed by atoms with van der Waals surface area (Å²) < 4.78 is 9.40. The molecule has 1 aliphatic rings. The van der Waals surface area contributed by atoms with Crippen molar-refractivity contribution in [3.05, 3.63) is 12.3 Å². The molecular formula is C5H5NO2. The Morgan fingerprint density at radius 2 is 2.62 bits per heavy atom. The molecule has 0 aromatic carbocycles. The second kappa shape index (κ2) is 2.34. The van der Waals surface area contributed by atoms with Crippen molar-refractivity contribution in [3.8, 4) is 6.07 Å². The average Bonchev–Trinajstić information content (AvgIpc) is 1.90. The lowest BCUT2D eigenvalue weighted by molar-refractivity contribution is -0.0384. The van der Waals surface area contributed by atoms with Gasteiger partial charge in [0.2, 0.25) is 0 Å². The highest BCUT2D eigenvalue weighted by atomic mass is 16.7. The summed E-state index contributed by atoms with van der Waals surface area (Å²) in [5.41, 5.74) is 0. The first-order valence-corrected chi connectivity index (χ1v) is 2.23. The molecule has 0 aliphatic carbocycles. The van der Waals surface area contributed by atoms with Gasteiger partial charge < -0.3 is 9.47 Å². The minimum absolute atomic E-state index is 0.189. The second-order valence-corrected chi connectivity index (χ2v) is 1.33. The zero-order valence-electron chi connectivity index (χ0n) is 4.20. The Bertz CT molecular complexity index is 136. The smallest absolute Gasteiger partial charge is 0.190 e. The second-order valence-electron chi connectivity index (χ2n) is 1.33. The molecular weight excluding hydrogens is 106 g/mol. The van der Waals surface area contributed by atoms with Gasteiger partial charge in [-0.3, -0.25) is 0 Å². The maximum Gasteiger partial charge on any atom is 0.190 e. The molecule has 1 heterocycles. The molecule has 1 atom stereocenters. The van der Waals surface area contributed by atoms with E-state index in [9.17, 15) is 0 Å². The van der Waals surface area contributed by atoms with Gasteiger partial charge in [-0.2, -0.15) is 5.26 Å². The summed E-state index contributed by atoms with van der Waals surface area (Å²) in [5.74, 6) is 0. The summed E-state index contributed by atoms with van der Waals surface area (Å²) in [7, 11) is 0. The van der Waals surface area contributed by atoms with Gasteiger partial charge in [-0.15, -0.1) is 0 Å². The Morgan fingerprint density at radius 1 is 1.75 bits per heavy atom. The van der Waals surface area contributed by atoms with Crippen LogP contribution in [0.5, 0.6) is 0 Å². The van der Waals surface area contributed by atoms with Crippen LogP contribution in [0, 0.1) is 11.3 Å². The van der Waals surface area contributed by atoms with Crippen LogP contribution in [0.2, 0.25) is 0 Å². The third kappa shape index (κ3) is 0.983. The van der Waals surface area contributed by atoms with Crippen LogP contribution in [-0.2, 0) is 9.47 Å². The lowest BCUT2D eigenvalue weighted by atomic mass is 10.4. The summed E-state index contributed by atoms with van der Waals surface area (Å²) in [6.45, 7) is 0.189. The first-order valence-electron chi connectivity index (χ1n) is 2.23. The molecule has 8 heavy (non-hydrogen) atoms. The van der Waals surface area contributed by atoms with Crippen molar-refractivity contribution in [2.45, 2.75) is 6.10 Å². The Morgan fingerprint density at radius 3 is 3.00 bits per heavy atom. The van der Waals surface area contributed by atoms with Crippen LogP contribution in [-0.4, -0.2) is 12.9 Å². The molecule has 0 bridgehead atoms. The third-order valence-electron chi connectivity index (χ3n) is 0.792. The largest absolute Gasteiger partial charge is 0.475 e. The molecule has 1 unspecified atom stereocenters. The van der Waals surface area contributed by atoms with Crippen LogP contribution in [0.3, 0.4) is 0 Å². The van der Waals surface area contributed by atoms with Crippen molar-refractivity contribution >= 4 is 0 Å². The number of hydrogen-bond donors (Lipinski definition) is 0. The maximum absolute atomic E-state index is 8.21. The summed E-state index contributed by atoms with van der Waals surface area (Å²) in [4.78, 5) is 0. The van der Waals surface area contributed by atoms with Gasteiger partial charge in [0, 0.05) is 0 Å². The van der Waals surface area contributed by atoms with Crippen LogP contribution < -0.4 is 0 Å². The van der Waals surface area contributed by atoms with Crippen LogP contribution in [0.1, 0.15) is 0 Å². The standard InChI is InChI=1S/C5H5NO2/c6-3-5-1-2-7-4-8-5/h1-2,5H,4H2. The van der Waals surface area contributed by atoms with Gasteiger partial charge in [-0.05, 0) is 6.08 Å². The van der Waals surface area contributed by atoms with Gasteiger partial charge in [0.25, 0.3) is 0 Å². The molecule has 0 aromatic rings. The van der Waals surface area contributed by atoms with Crippen molar-refractivity contribution in [3.63, 3.8) is 0 Å². The molecule has 1 aliphatic heterocycles. The van der Waals surface area contributed by atoms with Crippen molar-refractivity contribution in [1.29, 1.82) is 5.26 Å². The predicted molar refractivity (Wildman–Crippen MR) is 25.6 cm³/mol. The van der Waals surface area contributed by atoms with E-state index in [0.717, 1.165) is 0 Å². The number of hydrogen-bond acceptors (Lipinski definition) is 3. The molecule has 0 spiro atoms. The van der Waals surface area contributed by atoms with E-state index < -0.39 is 6.10 Å². The van der Waals surface area contributed by atoms with Gasteiger partial charge in [0.05, 0.1) is 12.3 Å². The Hall–Kier alpha value is -1.01. The van der Waals surface area contributed by atoms with Crippen molar-refractivity contribution < 1.29 is 9.47 Å². The van der Waals surface area contributed by atoms with Gasteiger partial charge in [0.15, 0.2) is 12.9 Å². The molecule has 0 fully saturated rings. The fourth-order valence-electron chi connectivity index (χ4n) is 0.415. The van der Waals surface area contributed by atoms with Gasteiger partial charge in [-0.25, -0.2) is 0 Å². The van der Waals surface area contributed by atoms with Gasteiger partial charge >= 0.3 is 0 Å². The molecule has 0 amide bonds. The van der Waals surface area contributed by atoms with Gasteiger partial charge in [-0.1, -0.05) is 0 Å². The number of ether oxygens (including phenoxy) is 2. The summed E-state index contributed by atoms with van der Waals surface area (Å²) in [6, 6.07) is 1.91. The molecule has 1 rings (SSSR count). The quantitative estimate of drug-likeness (QED) is 0.454. The fourth-order valence-corrected chi connectivity index (χ4v) is 0.415. The Balaban J connectivity index is 2.46. The maximum atomic E-state index is 8.21. The van der Waals surface area contributed by atoms with Crippen LogP contribution in [0.4, 0.5) is 0 Å². The van der Waals surface area contributed by atoms with E-state index in [1.807, 2.05) is 6.07 Å². The molecule has 0 saturated heterocycles. The van der Waals surface area contributed by atoms with Crippen molar-refractivity contribution in [2.75, 3.05) is 6.79 Å². The first-order chi connectivity index (χ1) is 3.93. The zero-order valence-corrected chi connectivity index (χ0v) is 4.20. The first kappa shape index (κ1) is 5.13. The van der Waals surface area contributed by atoms with E-state index in [2.05, 4.69) is 4.74 Å². The summed E-state index contributed by atoms with van der Waals surface area (Å²) in [6.07, 6.45) is 2.62. The highest BCUT2D eigenvalue weighted by molar-refractivity contribution is 5.00. The molecule has 0 N–H and O–H groups in total. The van der Waals surface area contributed by atoms with Crippen LogP contribution >= 0.6 is 0 Å². The summed E-state index contributed by atoms with van der Waals surface area (Å²) in [5, 5.41) is 8.21. The lowest BCUT2D eigenvalue weighted by Gasteiger charge is -2.09. The third-order valence-corrected chi connectivity index (χ3v) is 0.792. The van der Waals surface area contributed by atoms with E-state index in [4.69, 9.17) is 10.00 Å². The normalized spacial score (nSPS) is 26.1. The Labute approximate surface area is 47.1 Å². The molecule has 3 heteroatoms. The zero-order chi connectivity index (χ0) is 5.82. The molecule has 0 saturated carbocycles. The summed E-state index contributed by atoms with van der Waals surface area (Å²) >= 11 is 0. The molecule has 42 valence electrons. The molecule has 3 nitrogen and oxygen atoms in total. The highest BCUT2D eigenvalue weighted by Crippen LogP contribution is 1.98. The number of nitrogens with zero attached hydrogens (tertiary/aromatic N) is 1. The molecule has 0 radical (unpaired) electrons. The van der Waals surface area contributed by atoms with E-state index >= 15 is 0 Å². The van der Waals surface area contributed by atoms with Crippen molar-refractivity contribution in [1.82, 2.24) is 0 Å². The lowest BCUT2D eigenvalue weighted by Crippen LogP contribution is -2.12. The highest BCUT2D eigenvalue weighted by Gasteiger charge is 2.04. The van der Waals surface area contributed by atoms with Crippen molar-refractivity contribution in [2.24, 2.45) is 0 Å². The average molecular weight is 111 g/mol. The SMILES string of the molecule is N#CC1C=COCO1. The number of rotatable bonds is 0. The van der Waals surface area contributed by atoms with E-state index in [-0.39, 0.29) is 6.79 Å². The minimum atomic E-state index is -0.413. The predicted octanol–water partition coefficient (Wildman–Crippen LogP) is 0.397. The number of nitriles is 1. The minimum Gasteiger partial charge on any atom is -0.475 e. The van der Waals surface area contributed by atoms with E-state index in [0.29, 0.717) is 0 Å². The monoisotopic (exact) mass is 111 g/mol. The fraction of sp³-hybridized carbons (Fsp3) is 0.400. The van der Waals surface area contributed by atoms with E-state index in [1.54, 1.807) is 6.08 Å².